The summed E-state index contributed by atoms with van der Waals surface area (Å²) < 4.78 is 4.90. The molecule has 0 aromatic heterocycles. The minimum absolute atomic E-state index is 0.249. The van der Waals surface area contributed by atoms with E-state index < -0.39 is 17.3 Å². The predicted molar refractivity (Wildman–Crippen MR) is 99.8 cm³/mol. The lowest BCUT2D eigenvalue weighted by Gasteiger charge is -2.31. The standard InChI is InChI=1S/C19H22O3.C2H6/c1-4-6-7-11-14-19(15-20,18(21)22-3)17(5-2)16-12-9-8-10-13-16;1-2/h4-13,15,17H,2,14H2,1,3H3;1-2H3/b6-4+,11-7+;. The zero-order chi connectivity index (χ0) is 18.4. The van der Waals surface area contributed by atoms with Gasteiger partial charge in [-0.2, -0.15) is 0 Å². The van der Waals surface area contributed by atoms with Gasteiger partial charge in [0, 0.05) is 5.92 Å². The maximum Gasteiger partial charge on any atom is 0.320 e. The van der Waals surface area contributed by atoms with E-state index in [0.29, 0.717) is 6.29 Å². The van der Waals surface area contributed by atoms with Crippen molar-refractivity contribution in [2.45, 2.75) is 33.1 Å². The minimum Gasteiger partial charge on any atom is -0.468 e. The zero-order valence-corrected chi connectivity index (χ0v) is 15.1. The van der Waals surface area contributed by atoms with Crippen molar-refractivity contribution in [3.05, 3.63) is 72.9 Å². The topological polar surface area (TPSA) is 43.4 Å². The molecule has 0 amide bonds. The van der Waals surface area contributed by atoms with Gasteiger partial charge >= 0.3 is 5.97 Å². The number of carbonyl (C=O) groups excluding carboxylic acids is 2. The lowest BCUT2D eigenvalue weighted by molar-refractivity contribution is -0.155. The van der Waals surface area contributed by atoms with Crippen molar-refractivity contribution >= 4 is 12.3 Å². The molecule has 2 atom stereocenters. The molecule has 0 saturated heterocycles. The summed E-state index contributed by atoms with van der Waals surface area (Å²) in [5.74, 6) is -1.00. The number of ether oxygens (including phenoxy) is 1. The van der Waals surface area contributed by atoms with Crippen LogP contribution in [0.25, 0.3) is 0 Å². The highest BCUT2D eigenvalue weighted by Crippen LogP contribution is 2.40. The fourth-order valence-electron chi connectivity index (χ4n) is 2.45. The molecule has 1 aromatic carbocycles. The monoisotopic (exact) mass is 328 g/mol. The smallest absolute Gasteiger partial charge is 0.320 e. The summed E-state index contributed by atoms with van der Waals surface area (Å²) in [5, 5.41) is 0. The molecule has 0 radical (unpaired) electrons. The Morgan fingerprint density at radius 3 is 2.33 bits per heavy atom. The van der Waals surface area contributed by atoms with Crippen LogP contribution in [0.5, 0.6) is 0 Å². The van der Waals surface area contributed by atoms with Crippen molar-refractivity contribution in [1.82, 2.24) is 0 Å². The Bertz CT molecular complexity index is 558. The Balaban J connectivity index is 0.00000254. The number of aldehydes is 1. The van der Waals surface area contributed by atoms with Gasteiger partial charge in [-0.3, -0.25) is 4.79 Å². The van der Waals surface area contributed by atoms with E-state index in [-0.39, 0.29) is 6.42 Å². The van der Waals surface area contributed by atoms with E-state index in [1.54, 1.807) is 12.2 Å². The average molecular weight is 328 g/mol. The Kier molecular flexibility index (Phi) is 10.8. The van der Waals surface area contributed by atoms with Crippen LogP contribution in [0.3, 0.4) is 0 Å². The summed E-state index contributed by atoms with van der Waals surface area (Å²) in [6, 6.07) is 9.38. The van der Waals surface area contributed by atoms with Crippen LogP contribution in [0.15, 0.2) is 67.3 Å². The summed E-state index contributed by atoms with van der Waals surface area (Å²) in [4.78, 5) is 24.2. The molecule has 3 nitrogen and oxygen atoms in total. The number of hydrogen-bond acceptors (Lipinski definition) is 3. The molecule has 0 heterocycles. The number of rotatable bonds is 8. The van der Waals surface area contributed by atoms with E-state index in [0.717, 1.165) is 5.56 Å². The molecule has 1 aromatic rings. The first kappa shape index (κ1) is 21.6. The number of allylic oxidation sites excluding steroid dienone is 5. The summed E-state index contributed by atoms with van der Waals surface area (Å²) in [7, 11) is 1.29. The third kappa shape index (κ3) is 5.34. The van der Waals surface area contributed by atoms with E-state index in [1.807, 2.05) is 69.3 Å². The van der Waals surface area contributed by atoms with Crippen molar-refractivity contribution in [1.29, 1.82) is 0 Å². The Hall–Kier alpha value is -2.42. The van der Waals surface area contributed by atoms with Gasteiger partial charge in [-0.05, 0) is 18.9 Å². The third-order valence-corrected chi connectivity index (χ3v) is 3.62. The number of hydrogen-bond donors (Lipinski definition) is 0. The number of methoxy groups -OCH3 is 1. The molecule has 130 valence electrons. The van der Waals surface area contributed by atoms with Crippen molar-refractivity contribution in [3.8, 4) is 0 Å². The number of benzene rings is 1. The second-order valence-corrected chi connectivity index (χ2v) is 4.93. The van der Waals surface area contributed by atoms with Gasteiger partial charge in [0.2, 0.25) is 0 Å². The second kappa shape index (κ2) is 12.1. The lowest BCUT2D eigenvalue weighted by atomic mass is 9.70. The lowest BCUT2D eigenvalue weighted by Crippen LogP contribution is -2.39. The first-order chi connectivity index (χ1) is 11.7. The van der Waals surface area contributed by atoms with Gasteiger partial charge in [0.1, 0.15) is 11.7 Å². The van der Waals surface area contributed by atoms with Gasteiger partial charge in [-0.15, -0.1) is 6.58 Å². The van der Waals surface area contributed by atoms with E-state index >= 15 is 0 Å². The molecule has 3 heteroatoms. The molecule has 0 spiro atoms. The van der Waals surface area contributed by atoms with E-state index in [9.17, 15) is 9.59 Å². The highest BCUT2D eigenvalue weighted by atomic mass is 16.5. The first-order valence-electron chi connectivity index (χ1n) is 8.16. The van der Waals surface area contributed by atoms with Crippen LogP contribution >= 0.6 is 0 Å². The van der Waals surface area contributed by atoms with Crippen LogP contribution in [-0.4, -0.2) is 19.4 Å². The Morgan fingerprint density at radius 1 is 1.25 bits per heavy atom. The number of carbonyl (C=O) groups is 2. The average Bonchev–Trinajstić information content (AvgIpc) is 2.66. The molecule has 1 rings (SSSR count). The van der Waals surface area contributed by atoms with Crippen molar-refractivity contribution in [2.75, 3.05) is 7.11 Å². The van der Waals surface area contributed by atoms with Crippen molar-refractivity contribution < 1.29 is 14.3 Å². The molecule has 0 bridgehead atoms. The zero-order valence-electron chi connectivity index (χ0n) is 15.1. The normalized spacial score (nSPS) is 14.3. The first-order valence-corrected chi connectivity index (χ1v) is 8.16. The van der Waals surface area contributed by atoms with Crippen molar-refractivity contribution in [3.63, 3.8) is 0 Å². The van der Waals surface area contributed by atoms with Crippen LogP contribution in [-0.2, 0) is 14.3 Å². The molecule has 0 aliphatic carbocycles. The van der Waals surface area contributed by atoms with Gasteiger partial charge in [-0.25, -0.2) is 0 Å². The summed E-state index contributed by atoms with van der Waals surface area (Å²) in [6.07, 6.45) is 9.89. The summed E-state index contributed by atoms with van der Waals surface area (Å²) in [5.41, 5.74) is -0.454. The molecule has 24 heavy (non-hydrogen) atoms. The molecular formula is C21H28O3. The SMILES string of the molecule is C=CC(c1ccccc1)C(C=O)(C/C=C/C=C/C)C(=O)OC.CC. The van der Waals surface area contributed by atoms with E-state index in [1.165, 1.54) is 7.11 Å². The van der Waals surface area contributed by atoms with Crippen molar-refractivity contribution in [2.24, 2.45) is 5.41 Å². The second-order valence-electron chi connectivity index (χ2n) is 4.93. The summed E-state index contributed by atoms with van der Waals surface area (Å²) >= 11 is 0. The highest BCUT2D eigenvalue weighted by Gasteiger charge is 2.45. The molecular weight excluding hydrogens is 300 g/mol. The molecule has 0 N–H and O–H groups in total. The van der Waals surface area contributed by atoms with E-state index in [4.69, 9.17) is 4.74 Å². The maximum atomic E-state index is 12.3. The highest BCUT2D eigenvalue weighted by molar-refractivity contribution is 5.95. The van der Waals surface area contributed by atoms with Gasteiger partial charge in [0.15, 0.2) is 0 Å². The van der Waals surface area contributed by atoms with Crippen LogP contribution in [0.4, 0.5) is 0 Å². The molecule has 0 aliphatic heterocycles. The predicted octanol–water partition coefficient (Wildman–Crippen LogP) is 4.86. The fourth-order valence-corrected chi connectivity index (χ4v) is 2.45. The van der Waals surface area contributed by atoms with Crippen LogP contribution in [0.1, 0.15) is 38.7 Å². The van der Waals surface area contributed by atoms with Gasteiger partial charge in [0.05, 0.1) is 7.11 Å². The Labute approximate surface area is 145 Å². The van der Waals surface area contributed by atoms with Gasteiger partial charge < -0.3 is 9.53 Å². The largest absolute Gasteiger partial charge is 0.468 e. The van der Waals surface area contributed by atoms with Crippen LogP contribution in [0.2, 0.25) is 0 Å². The van der Waals surface area contributed by atoms with Gasteiger partial charge in [-0.1, -0.05) is 74.6 Å². The molecule has 0 fully saturated rings. The maximum absolute atomic E-state index is 12.3. The number of esters is 1. The quantitative estimate of drug-likeness (QED) is 0.225. The summed E-state index contributed by atoms with van der Waals surface area (Å²) in [6.45, 7) is 9.70. The van der Waals surface area contributed by atoms with Crippen LogP contribution < -0.4 is 0 Å². The van der Waals surface area contributed by atoms with E-state index in [2.05, 4.69) is 6.58 Å². The third-order valence-electron chi connectivity index (χ3n) is 3.62. The van der Waals surface area contributed by atoms with Crippen LogP contribution in [0, 0.1) is 5.41 Å². The molecule has 0 saturated carbocycles. The minimum atomic E-state index is -1.31. The molecule has 2 unspecified atom stereocenters. The fraction of sp³-hybridized carbons (Fsp3) is 0.333. The molecule has 0 aliphatic rings. The Morgan fingerprint density at radius 2 is 1.88 bits per heavy atom. The van der Waals surface area contributed by atoms with Gasteiger partial charge in [0.25, 0.3) is 0 Å².